The lowest BCUT2D eigenvalue weighted by Crippen LogP contribution is -2.23. The Balaban J connectivity index is 0.00000208. The standard InChI is InChI=1S/C17H19N5O.HI/c1-23-15-6-4-5-13(11-15)21-17(18)19-9-8-14-12-22-10-3-2-7-16(22)20-14;/h2-7,10-12H,8-9H2,1H3,(H3,18,19,21);1H. The lowest BCUT2D eigenvalue weighted by atomic mass is 10.3. The van der Waals surface area contributed by atoms with Crippen molar-refractivity contribution in [2.24, 2.45) is 10.7 Å². The Hall–Kier alpha value is -2.29. The zero-order valence-corrected chi connectivity index (χ0v) is 15.7. The van der Waals surface area contributed by atoms with Gasteiger partial charge in [-0.15, -0.1) is 24.0 Å². The molecule has 2 aromatic heterocycles. The van der Waals surface area contributed by atoms with Crippen LogP contribution in [0.25, 0.3) is 5.65 Å². The van der Waals surface area contributed by atoms with E-state index >= 15 is 0 Å². The summed E-state index contributed by atoms with van der Waals surface area (Å²) in [5, 5.41) is 3.05. The number of pyridine rings is 1. The molecule has 0 radical (unpaired) electrons. The SMILES string of the molecule is COc1cccc(NC(N)=NCCc2cn3ccccc3n2)c1.I. The summed E-state index contributed by atoms with van der Waals surface area (Å²) in [5.74, 6) is 1.15. The van der Waals surface area contributed by atoms with E-state index in [4.69, 9.17) is 10.5 Å². The van der Waals surface area contributed by atoms with Gasteiger partial charge in [-0.3, -0.25) is 4.99 Å². The minimum absolute atomic E-state index is 0. The molecule has 3 N–H and O–H groups in total. The first-order chi connectivity index (χ1) is 11.2. The summed E-state index contributed by atoms with van der Waals surface area (Å²) in [6, 6.07) is 13.5. The van der Waals surface area contributed by atoms with Crippen molar-refractivity contribution in [1.29, 1.82) is 0 Å². The summed E-state index contributed by atoms with van der Waals surface area (Å²) in [5.41, 5.74) is 8.69. The zero-order valence-electron chi connectivity index (χ0n) is 13.3. The van der Waals surface area contributed by atoms with Crippen LogP contribution in [0.15, 0.2) is 59.9 Å². The molecule has 0 aliphatic heterocycles. The first-order valence-electron chi connectivity index (χ1n) is 7.38. The quantitative estimate of drug-likeness (QED) is 0.366. The molecule has 1 aromatic carbocycles. The number of ether oxygens (including phenoxy) is 1. The van der Waals surface area contributed by atoms with Gasteiger partial charge in [-0.1, -0.05) is 12.1 Å². The van der Waals surface area contributed by atoms with Crippen molar-refractivity contribution >= 4 is 41.3 Å². The molecular weight excluding hydrogens is 417 g/mol. The Morgan fingerprint density at radius 3 is 2.96 bits per heavy atom. The van der Waals surface area contributed by atoms with Gasteiger partial charge in [-0.05, 0) is 24.3 Å². The van der Waals surface area contributed by atoms with Crippen LogP contribution in [0, 0.1) is 0 Å². The van der Waals surface area contributed by atoms with E-state index in [1.54, 1.807) is 7.11 Å². The number of nitrogens with two attached hydrogens (primary N) is 1. The number of methoxy groups -OCH3 is 1. The topological polar surface area (TPSA) is 76.9 Å². The lowest BCUT2D eigenvalue weighted by Gasteiger charge is -2.07. The lowest BCUT2D eigenvalue weighted by molar-refractivity contribution is 0.415. The van der Waals surface area contributed by atoms with Crippen LogP contribution in [0.2, 0.25) is 0 Å². The van der Waals surface area contributed by atoms with Gasteiger partial charge < -0.3 is 20.2 Å². The zero-order chi connectivity index (χ0) is 16.1. The molecule has 0 aliphatic rings. The van der Waals surface area contributed by atoms with Crippen LogP contribution in [0.5, 0.6) is 5.75 Å². The van der Waals surface area contributed by atoms with Gasteiger partial charge >= 0.3 is 0 Å². The fourth-order valence-corrected chi connectivity index (χ4v) is 2.29. The Labute approximate surface area is 157 Å². The molecule has 7 heteroatoms. The maximum absolute atomic E-state index is 5.91. The Morgan fingerprint density at radius 1 is 1.29 bits per heavy atom. The third-order valence-electron chi connectivity index (χ3n) is 3.41. The van der Waals surface area contributed by atoms with Crippen LogP contribution in [-0.2, 0) is 6.42 Å². The van der Waals surface area contributed by atoms with E-state index in [1.165, 1.54) is 0 Å². The summed E-state index contributed by atoms with van der Waals surface area (Å²) in [7, 11) is 1.63. The highest BCUT2D eigenvalue weighted by Crippen LogP contribution is 2.16. The molecule has 0 aliphatic carbocycles. The Bertz CT molecular complexity index is 797. The Morgan fingerprint density at radius 2 is 2.17 bits per heavy atom. The maximum atomic E-state index is 5.91. The van der Waals surface area contributed by atoms with Crippen molar-refractivity contribution in [3.63, 3.8) is 0 Å². The predicted octanol–water partition coefficient (Wildman–Crippen LogP) is 2.93. The molecule has 24 heavy (non-hydrogen) atoms. The van der Waals surface area contributed by atoms with E-state index in [9.17, 15) is 0 Å². The van der Waals surface area contributed by atoms with Crippen LogP contribution >= 0.6 is 24.0 Å². The molecule has 0 atom stereocenters. The number of hydrogen-bond donors (Lipinski definition) is 2. The van der Waals surface area contributed by atoms with E-state index in [-0.39, 0.29) is 24.0 Å². The first-order valence-corrected chi connectivity index (χ1v) is 7.38. The third kappa shape index (κ3) is 4.60. The normalized spacial score (nSPS) is 11.1. The number of fused-ring (bicyclic) bond motifs is 1. The van der Waals surface area contributed by atoms with Gasteiger partial charge in [-0.25, -0.2) is 4.98 Å². The average Bonchev–Trinajstić information content (AvgIpc) is 2.97. The summed E-state index contributed by atoms with van der Waals surface area (Å²) >= 11 is 0. The molecule has 0 amide bonds. The second-order valence-corrected chi connectivity index (χ2v) is 5.07. The third-order valence-corrected chi connectivity index (χ3v) is 3.41. The molecule has 3 rings (SSSR count). The van der Waals surface area contributed by atoms with E-state index in [2.05, 4.69) is 15.3 Å². The number of guanidine groups is 1. The highest BCUT2D eigenvalue weighted by atomic mass is 127. The monoisotopic (exact) mass is 437 g/mol. The molecule has 0 bridgehead atoms. The number of benzene rings is 1. The van der Waals surface area contributed by atoms with Crippen molar-refractivity contribution in [3.05, 3.63) is 60.6 Å². The van der Waals surface area contributed by atoms with E-state index < -0.39 is 0 Å². The largest absolute Gasteiger partial charge is 0.497 e. The fraction of sp³-hybridized carbons (Fsp3) is 0.176. The van der Waals surface area contributed by atoms with Crippen LogP contribution in [0.4, 0.5) is 5.69 Å². The van der Waals surface area contributed by atoms with E-state index in [1.807, 2.05) is 59.3 Å². The Kier molecular flexibility index (Phi) is 6.42. The van der Waals surface area contributed by atoms with Crippen LogP contribution < -0.4 is 15.8 Å². The number of aliphatic imine (C=N–C) groups is 1. The average molecular weight is 437 g/mol. The molecule has 0 spiro atoms. The number of aromatic nitrogens is 2. The summed E-state index contributed by atoms with van der Waals surface area (Å²) < 4.78 is 7.17. The van der Waals surface area contributed by atoms with Crippen molar-refractivity contribution < 1.29 is 4.74 Å². The van der Waals surface area contributed by atoms with Gasteiger partial charge in [0.05, 0.1) is 12.8 Å². The number of imidazole rings is 1. The van der Waals surface area contributed by atoms with Crippen molar-refractivity contribution in [2.75, 3.05) is 19.0 Å². The minimum atomic E-state index is 0. The molecule has 6 nitrogen and oxygen atoms in total. The highest BCUT2D eigenvalue weighted by molar-refractivity contribution is 14.0. The number of rotatable bonds is 5. The number of nitrogens with one attached hydrogen (secondary N) is 1. The molecule has 0 fully saturated rings. The molecule has 0 unspecified atom stereocenters. The van der Waals surface area contributed by atoms with Crippen molar-refractivity contribution in [3.8, 4) is 5.75 Å². The molecule has 126 valence electrons. The summed E-state index contributed by atoms with van der Waals surface area (Å²) in [6.07, 6.45) is 4.73. The van der Waals surface area contributed by atoms with Crippen LogP contribution in [0.3, 0.4) is 0 Å². The first kappa shape index (κ1) is 18.1. The van der Waals surface area contributed by atoms with Gasteiger partial charge in [0, 0.05) is 37.1 Å². The van der Waals surface area contributed by atoms with Crippen molar-refractivity contribution in [2.45, 2.75) is 6.42 Å². The number of anilines is 1. The number of halogens is 1. The smallest absolute Gasteiger partial charge is 0.193 e. The van der Waals surface area contributed by atoms with Gasteiger partial charge in [-0.2, -0.15) is 0 Å². The predicted molar refractivity (Wildman–Crippen MR) is 107 cm³/mol. The molecule has 2 heterocycles. The number of hydrogen-bond acceptors (Lipinski definition) is 3. The van der Waals surface area contributed by atoms with Gasteiger partial charge in [0.15, 0.2) is 5.96 Å². The maximum Gasteiger partial charge on any atom is 0.193 e. The van der Waals surface area contributed by atoms with Crippen LogP contribution in [-0.4, -0.2) is 29.0 Å². The summed E-state index contributed by atoms with van der Waals surface area (Å²) in [4.78, 5) is 8.87. The molecular formula is C17H20IN5O. The van der Waals surface area contributed by atoms with Gasteiger partial charge in [0.25, 0.3) is 0 Å². The molecule has 3 aromatic rings. The number of nitrogens with zero attached hydrogens (tertiary/aromatic N) is 3. The van der Waals surface area contributed by atoms with Crippen LogP contribution in [0.1, 0.15) is 5.69 Å². The fourth-order valence-electron chi connectivity index (χ4n) is 2.29. The van der Waals surface area contributed by atoms with Gasteiger partial charge in [0.1, 0.15) is 11.4 Å². The minimum Gasteiger partial charge on any atom is -0.497 e. The van der Waals surface area contributed by atoms with E-state index in [0.29, 0.717) is 12.5 Å². The molecule has 0 saturated carbocycles. The second-order valence-electron chi connectivity index (χ2n) is 5.07. The summed E-state index contributed by atoms with van der Waals surface area (Å²) in [6.45, 7) is 0.576. The van der Waals surface area contributed by atoms with Gasteiger partial charge in [0.2, 0.25) is 0 Å². The van der Waals surface area contributed by atoms with Crippen molar-refractivity contribution in [1.82, 2.24) is 9.38 Å². The molecule has 0 saturated heterocycles. The van der Waals surface area contributed by atoms with E-state index in [0.717, 1.165) is 29.2 Å². The second kappa shape index (κ2) is 8.53. The highest BCUT2D eigenvalue weighted by Gasteiger charge is 2.01.